The van der Waals surface area contributed by atoms with E-state index >= 15 is 0 Å². The first-order valence-corrected chi connectivity index (χ1v) is 6.94. The number of aromatic amines is 1. The summed E-state index contributed by atoms with van der Waals surface area (Å²) in [5.74, 6) is 0. The van der Waals surface area contributed by atoms with Crippen LogP contribution in [0.2, 0.25) is 0 Å². The monoisotopic (exact) mass is 313 g/mol. The fourth-order valence-electron chi connectivity index (χ4n) is 2.81. The van der Waals surface area contributed by atoms with Crippen LogP contribution in [0.1, 0.15) is 18.4 Å². The highest BCUT2D eigenvalue weighted by molar-refractivity contribution is 5.81. The molecule has 2 aromatic rings. The van der Waals surface area contributed by atoms with Gasteiger partial charge in [-0.1, -0.05) is 6.07 Å². The number of hydrogen-bond acceptors (Lipinski definition) is 3. The van der Waals surface area contributed by atoms with Gasteiger partial charge in [-0.15, -0.1) is 0 Å². The Morgan fingerprint density at radius 3 is 2.68 bits per heavy atom. The van der Waals surface area contributed by atoms with Crippen LogP contribution in [0.5, 0.6) is 0 Å². The van der Waals surface area contributed by atoms with Crippen molar-refractivity contribution in [2.45, 2.75) is 31.6 Å². The Morgan fingerprint density at radius 1 is 1.27 bits per heavy atom. The molecule has 1 fully saturated rings. The first-order valence-electron chi connectivity index (χ1n) is 6.94. The van der Waals surface area contributed by atoms with Gasteiger partial charge in [-0.3, -0.25) is 9.36 Å². The molecular weight excluding hydrogens is 299 g/mol. The Morgan fingerprint density at radius 2 is 2.05 bits per heavy atom. The first kappa shape index (κ1) is 14.8. The molecule has 0 bridgehead atoms. The smallest absolute Gasteiger partial charge is 0.312 e. The normalized spacial score (nSPS) is 19.0. The molecule has 1 aliphatic rings. The minimum atomic E-state index is -4.63. The summed E-state index contributed by atoms with van der Waals surface area (Å²) in [4.78, 5) is 26.6. The van der Waals surface area contributed by atoms with Crippen LogP contribution in [-0.2, 0) is 12.7 Å². The van der Waals surface area contributed by atoms with Gasteiger partial charge in [-0.2, -0.15) is 13.2 Å². The zero-order valence-corrected chi connectivity index (χ0v) is 11.5. The van der Waals surface area contributed by atoms with Crippen molar-refractivity contribution in [3.8, 4) is 0 Å². The Hall–Kier alpha value is -2.09. The van der Waals surface area contributed by atoms with Crippen LogP contribution in [0.4, 0.5) is 13.2 Å². The summed E-state index contributed by atoms with van der Waals surface area (Å²) in [5, 5.41) is 3.02. The van der Waals surface area contributed by atoms with Crippen molar-refractivity contribution in [3.63, 3.8) is 0 Å². The van der Waals surface area contributed by atoms with Gasteiger partial charge in [-0.25, -0.2) is 4.79 Å². The van der Waals surface area contributed by atoms with Gasteiger partial charge >= 0.3 is 11.9 Å². The lowest BCUT2D eigenvalue weighted by atomic mass is 10.1. The number of nitrogens with one attached hydrogen (secondary N) is 2. The van der Waals surface area contributed by atoms with Crippen molar-refractivity contribution >= 4 is 10.9 Å². The third kappa shape index (κ3) is 2.54. The second-order valence-electron chi connectivity index (χ2n) is 5.37. The molecule has 0 radical (unpaired) electrons. The molecule has 5 nitrogen and oxygen atoms in total. The molecule has 0 spiro atoms. The lowest BCUT2D eigenvalue weighted by molar-refractivity contribution is -0.136. The second kappa shape index (κ2) is 5.28. The molecular formula is C14H14F3N3O2. The number of benzene rings is 1. The van der Waals surface area contributed by atoms with Crippen molar-refractivity contribution in [2.75, 3.05) is 6.54 Å². The highest BCUT2D eigenvalue weighted by atomic mass is 19.4. The molecule has 2 heterocycles. The molecule has 1 aliphatic heterocycles. The average Bonchev–Trinajstić information content (AvgIpc) is 2.95. The molecule has 8 heteroatoms. The van der Waals surface area contributed by atoms with Crippen LogP contribution in [0.3, 0.4) is 0 Å². The molecule has 1 atom stereocenters. The van der Waals surface area contributed by atoms with Crippen molar-refractivity contribution in [1.82, 2.24) is 14.9 Å². The van der Waals surface area contributed by atoms with Crippen molar-refractivity contribution < 1.29 is 13.2 Å². The zero-order chi connectivity index (χ0) is 15.9. The SMILES string of the molecule is O=c1[nH]c2c(C(F)(F)F)cccc2c(=O)n1CC1CCCN1. The maximum atomic E-state index is 13.0. The van der Waals surface area contributed by atoms with Crippen LogP contribution < -0.4 is 16.6 Å². The van der Waals surface area contributed by atoms with Gasteiger partial charge in [-0.05, 0) is 31.5 Å². The number of para-hydroxylation sites is 1. The second-order valence-corrected chi connectivity index (χ2v) is 5.37. The third-order valence-corrected chi connectivity index (χ3v) is 3.89. The average molecular weight is 313 g/mol. The number of hydrogen-bond donors (Lipinski definition) is 2. The quantitative estimate of drug-likeness (QED) is 0.882. The van der Waals surface area contributed by atoms with E-state index in [1.54, 1.807) is 0 Å². The Kier molecular flexibility index (Phi) is 3.56. The van der Waals surface area contributed by atoms with Crippen LogP contribution in [0.15, 0.2) is 27.8 Å². The molecule has 2 N–H and O–H groups in total. The number of nitrogens with zero attached hydrogens (tertiary/aromatic N) is 1. The summed E-state index contributed by atoms with van der Waals surface area (Å²) in [6, 6.07) is 3.30. The summed E-state index contributed by atoms with van der Waals surface area (Å²) in [6.07, 6.45) is -2.86. The van der Waals surface area contributed by atoms with Crippen molar-refractivity contribution in [1.29, 1.82) is 0 Å². The van der Waals surface area contributed by atoms with Gasteiger partial charge in [0, 0.05) is 12.6 Å². The molecule has 0 amide bonds. The lowest BCUT2D eigenvalue weighted by Gasteiger charge is -2.14. The fourth-order valence-corrected chi connectivity index (χ4v) is 2.81. The number of rotatable bonds is 2. The summed E-state index contributed by atoms with van der Waals surface area (Å²) in [5.41, 5.74) is -2.98. The highest BCUT2D eigenvalue weighted by Crippen LogP contribution is 2.32. The lowest BCUT2D eigenvalue weighted by Crippen LogP contribution is -2.41. The largest absolute Gasteiger partial charge is 0.418 e. The van der Waals surface area contributed by atoms with E-state index in [1.807, 2.05) is 0 Å². The van der Waals surface area contributed by atoms with Gasteiger partial charge in [0.05, 0.1) is 16.5 Å². The summed E-state index contributed by atoms with van der Waals surface area (Å²) < 4.78 is 39.9. The molecule has 1 aromatic heterocycles. The molecule has 0 aliphatic carbocycles. The Bertz CT molecular complexity index is 817. The van der Waals surface area contributed by atoms with Crippen molar-refractivity contribution in [3.05, 3.63) is 44.6 Å². The van der Waals surface area contributed by atoms with E-state index in [0.29, 0.717) is 0 Å². The predicted molar refractivity (Wildman–Crippen MR) is 74.9 cm³/mol. The molecule has 1 aromatic carbocycles. The van der Waals surface area contributed by atoms with Gasteiger partial charge in [0.15, 0.2) is 0 Å². The summed E-state index contributed by atoms with van der Waals surface area (Å²) >= 11 is 0. The number of halogens is 3. The van der Waals surface area contributed by atoms with Crippen LogP contribution in [0.25, 0.3) is 10.9 Å². The summed E-state index contributed by atoms with van der Waals surface area (Å²) in [7, 11) is 0. The van der Waals surface area contributed by atoms with Gasteiger partial charge in [0.2, 0.25) is 0 Å². The topological polar surface area (TPSA) is 66.9 Å². The predicted octanol–water partition coefficient (Wildman–Crippen LogP) is 1.46. The molecule has 1 unspecified atom stereocenters. The molecule has 22 heavy (non-hydrogen) atoms. The van der Waals surface area contributed by atoms with Gasteiger partial charge < -0.3 is 10.3 Å². The first-order chi connectivity index (χ1) is 10.4. The Balaban J connectivity index is 2.18. The third-order valence-electron chi connectivity index (χ3n) is 3.89. The minimum Gasteiger partial charge on any atom is -0.312 e. The van der Waals surface area contributed by atoms with E-state index in [2.05, 4.69) is 10.3 Å². The summed E-state index contributed by atoms with van der Waals surface area (Å²) in [6.45, 7) is 0.962. The molecule has 118 valence electrons. The van der Waals surface area contributed by atoms with E-state index in [0.717, 1.165) is 30.0 Å². The maximum absolute atomic E-state index is 13.0. The molecule has 0 saturated carbocycles. The van der Waals surface area contributed by atoms with E-state index in [4.69, 9.17) is 0 Å². The van der Waals surface area contributed by atoms with E-state index in [9.17, 15) is 22.8 Å². The van der Waals surface area contributed by atoms with E-state index < -0.39 is 28.5 Å². The fraction of sp³-hybridized carbons (Fsp3) is 0.429. The van der Waals surface area contributed by atoms with Gasteiger partial charge in [0.25, 0.3) is 5.56 Å². The zero-order valence-electron chi connectivity index (χ0n) is 11.5. The standard InChI is InChI=1S/C14H14F3N3O2/c15-14(16,17)10-5-1-4-9-11(10)19-13(22)20(12(9)21)7-8-3-2-6-18-8/h1,4-5,8,18H,2-3,6-7H2,(H,19,22). The van der Waals surface area contributed by atoms with E-state index in [1.165, 1.54) is 12.1 Å². The van der Waals surface area contributed by atoms with Crippen molar-refractivity contribution in [2.24, 2.45) is 0 Å². The van der Waals surface area contributed by atoms with Crippen LogP contribution in [-0.4, -0.2) is 22.1 Å². The van der Waals surface area contributed by atoms with Crippen LogP contribution in [0, 0.1) is 0 Å². The minimum absolute atomic E-state index is 0.0120. The molecule has 1 saturated heterocycles. The number of aromatic nitrogens is 2. The number of alkyl halides is 3. The number of H-pyrrole nitrogens is 1. The van der Waals surface area contributed by atoms with Gasteiger partial charge in [0.1, 0.15) is 0 Å². The Labute approximate surface area is 122 Å². The molecule has 3 rings (SSSR count). The highest BCUT2D eigenvalue weighted by Gasteiger charge is 2.33. The number of fused-ring (bicyclic) bond motifs is 1. The maximum Gasteiger partial charge on any atom is 0.418 e. The van der Waals surface area contributed by atoms with E-state index in [-0.39, 0.29) is 18.0 Å². The van der Waals surface area contributed by atoms with Crippen LogP contribution >= 0.6 is 0 Å².